The molecule has 132 valence electrons. The lowest BCUT2D eigenvalue weighted by atomic mass is 10.0. The summed E-state index contributed by atoms with van der Waals surface area (Å²) >= 11 is 0. The Hall–Kier alpha value is -3.85. The number of hydrogen-bond donors (Lipinski definition) is 2. The Bertz CT molecular complexity index is 1440. The zero-order valence-electron chi connectivity index (χ0n) is 15.1. The minimum atomic E-state index is 1.00. The van der Waals surface area contributed by atoms with Crippen LogP contribution in [-0.4, -0.2) is 15.0 Å². The average molecular weight is 359 g/mol. The van der Waals surface area contributed by atoms with Crippen LogP contribution >= 0.6 is 0 Å². The first-order valence-electron chi connectivity index (χ1n) is 9.42. The van der Waals surface area contributed by atoms with Crippen molar-refractivity contribution < 1.29 is 0 Å². The minimum absolute atomic E-state index is 1.00. The maximum Gasteiger partial charge on any atom is 0.0971 e. The molecule has 0 unspecified atom stereocenters. The maximum absolute atomic E-state index is 4.86. The van der Waals surface area contributed by atoms with Gasteiger partial charge in [-0.15, -0.1) is 0 Å². The quantitative estimate of drug-likeness (QED) is 0.363. The SMILES string of the molecule is c1ccc(-c2[nH]c3c(ncc4[nH]c5ccccc5c43)c2-c2ccccc2)cc1. The van der Waals surface area contributed by atoms with E-state index in [2.05, 4.69) is 82.8 Å². The van der Waals surface area contributed by atoms with Crippen LogP contribution < -0.4 is 0 Å². The molecule has 0 aliphatic rings. The second kappa shape index (κ2) is 5.83. The van der Waals surface area contributed by atoms with E-state index < -0.39 is 0 Å². The van der Waals surface area contributed by atoms with Crippen LogP contribution in [0.3, 0.4) is 0 Å². The highest BCUT2D eigenvalue weighted by molar-refractivity contribution is 6.21. The van der Waals surface area contributed by atoms with E-state index in [-0.39, 0.29) is 0 Å². The average Bonchev–Trinajstić information content (AvgIpc) is 3.33. The number of para-hydroxylation sites is 1. The van der Waals surface area contributed by atoms with E-state index >= 15 is 0 Å². The molecule has 3 heteroatoms. The van der Waals surface area contributed by atoms with Gasteiger partial charge in [-0.1, -0.05) is 78.9 Å². The third kappa shape index (κ3) is 2.13. The number of aromatic amines is 2. The Kier molecular flexibility index (Phi) is 3.17. The van der Waals surface area contributed by atoms with Crippen molar-refractivity contribution in [3.8, 4) is 22.4 Å². The molecule has 3 aromatic carbocycles. The molecule has 0 amide bonds. The van der Waals surface area contributed by atoms with Crippen molar-refractivity contribution in [2.75, 3.05) is 0 Å². The van der Waals surface area contributed by atoms with Crippen LogP contribution in [0.4, 0.5) is 0 Å². The molecule has 0 radical (unpaired) electrons. The molecule has 6 aromatic rings. The van der Waals surface area contributed by atoms with Crippen LogP contribution in [0, 0.1) is 0 Å². The Balaban J connectivity index is 1.80. The zero-order valence-corrected chi connectivity index (χ0v) is 15.1. The van der Waals surface area contributed by atoms with Crippen molar-refractivity contribution in [3.05, 3.63) is 91.1 Å². The molecule has 3 aromatic heterocycles. The third-order valence-electron chi connectivity index (χ3n) is 5.41. The first kappa shape index (κ1) is 15.2. The third-order valence-corrected chi connectivity index (χ3v) is 5.41. The number of aromatic nitrogens is 3. The number of H-pyrrole nitrogens is 2. The van der Waals surface area contributed by atoms with Gasteiger partial charge in [0.05, 0.1) is 28.4 Å². The van der Waals surface area contributed by atoms with Gasteiger partial charge in [-0.3, -0.25) is 4.98 Å². The molecule has 28 heavy (non-hydrogen) atoms. The molecule has 0 aliphatic carbocycles. The van der Waals surface area contributed by atoms with Crippen LogP contribution in [0.5, 0.6) is 0 Å². The fraction of sp³-hybridized carbons (Fsp3) is 0. The van der Waals surface area contributed by atoms with Crippen molar-refractivity contribution in [2.45, 2.75) is 0 Å². The van der Waals surface area contributed by atoms with E-state index in [0.29, 0.717) is 0 Å². The zero-order chi connectivity index (χ0) is 18.5. The summed E-state index contributed by atoms with van der Waals surface area (Å²) in [6.45, 7) is 0. The second-order valence-electron chi connectivity index (χ2n) is 7.05. The molecule has 3 nitrogen and oxygen atoms in total. The van der Waals surface area contributed by atoms with E-state index in [9.17, 15) is 0 Å². The lowest BCUT2D eigenvalue weighted by Gasteiger charge is -2.05. The molecule has 0 aliphatic heterocycles. The lowest BCUT2D eigenvalue weighted by molar-refractivity contribution is 1.41. The molecule has 3 heterocycles. The van der Waals surface area contributed by atoms with E-state index in [1.807, 2.05) is 18.3 Å². The number of fused-ring (bicyclic) bond motifs is 5. The van der Waals surface area contributed by atoms with Crippen molar-refractivity contribution in [2.24, 2.45) is 0 Å². The van der Waals surface area contributed by atoms with Gasteiger partial charge in [0.1, 0.15) is 0 Å². The van der Waals surface area contributed by atoms with E-state index in [1.54, 1.807) is 0 Å². The summed E-state index contributed by atoms with van der Waals surface area (Å²) in [4.78, 5) is 12.1. The van der Waals surface area contributed by atoms with Crippen molar-refractivity contribution in [1.29, 1.82) is 0 Å². The predicted octanol–water partition coefficient (Wildman–Crippen LogP) is 6.53. The van der Waals surface area contributed by atoms with Gasteiger partial charge in [0, 0.05) is 21.9 Å². The number of hydrogen-bond acceptors (Lipinski definition) is 1. The topological polar surface area (TPSA) is 44.5 Å². The van der Waals surface area contributed by atoms with Crippen LogP contribution in [0.1, 0.15) is 0 Å². The van der Waals surface area contributed by atoms with E-state index in [4.69, 9.17) is 4.98 Å². The molecule has 0 atom stereocenters. The fourth-order valence-electron chi connectivity index (χ4n) is 4.17. The predicted molar refractivity (Wildman–Crippen MR) is 116 cm³/mol. The van der Waals surface area contributed by atoms with Gasteiger partial charge in [-0.2, -0.15) is 0 Å². The first-order valence-corrected chi connectivity index (χ1v) is 9.42. The summed E-state index contributed by atoms with van der Waals surface area (Å²) in [7, 11) is 0. The van der Waals surface area contributed by atoms with Gasteiger partial charge in [0.25, 0.3) is 0 Å². The highest BCUT2D eigenvalue weighted by Gasteiger charge is 2.19. The standard InChI is InChI=1S/C25H17N3/c1-3-9-16(10-4-1)21-23(17-11-5-2-6-12-17)28-25-22-18-13-7-8-14-19(18)27-20(22)15-26-24(21)25/h1-15,27-28H. The van der Waals surface area contributed by atoms with Crippen LogP contribution in [0.25, 0.3) is 55.2 Å². The van der Waals surface area contributed by atoms with Crippen LogP contribution in [0.2, 0.25) is 0 Å². The van der Waals surface area contributed by atoms with Crippen molar-refractivity contribution in [1.82, 2.24) is 15.0 Å². The number of pyridine rings is 1. The monoisotopic (exact) mass is 359 g/mol. The Morgan fingerprint density at radius 3 is 2.07 bits per heavy atom. The van der Waals surface area contributed by atoms with Crippen molar-refractivity contribution in [3.63, 3.8) is 0 Å². The maximum atomic E-state index is 4.86. The number of benzene rings is 3. The summed E-state index contributed by atoms with van der Waals surface area (Å²) in [5.74, 6) is 0. The molecular formula is C25H17N3. The summed E-state index contributed by atoms with van der Waals surface area (Å²) in [5.41, 5.74) is 8.83. The van der Waals surface area contributed by atoms with Gasteiger partial charge in [0.15, 0.2) is 0 Å². The van der Waals surface area contributed by atoms with E-state index in [1.165, 1.54) is 16.3 Å². The number of nitrogens with one attached hydrogen (secondary N) is 2. The van der Waals surface area contributed by atoms with Gasteiger partial charge >= 0.3 is 0 Å². The largest absolute Gasteiger partial charge is 0.353 e. The fourth-order valence-corrected chi connectivity index (χ4v) is 4.17. The molecule has 0 saturated heterocycles. The summed E-state index contributed by atoms with van der Waals surface area (Å²) < 4.78 is 0. The Labute approximate surface area is 161 Å². The van der Waals surface area contributed by atoms with Crippen LogP contribution in [-0.2, 0) is 0 Å². The minimum Gasteiger partial charge on any atom is -0.353 e. The molecular weight excluding hydrogens is 342 g/mol. The lowest BCUT2D eigenvalue weighted by Crippen LogP contribution is -1.83. The molecule has 0 bridgehead atoms. The summed E-state index contributed by atoms with van der Waals surface area (Å²) in [5, 5.41) is 2.41. The summed E-state index contributed by atoms with van der Waals surface area (Å²) in [6, 6.07) is 29.4. The molecule has 2 N–H and O–H groups in total. The molecule has 0 spiro atoms. The van der Waals surface area contributed by atoms with Gasteiger partial charge in [0.2, 0.25) is 0 Å². The van der Waals surface area contributed by atoms with Crippen LogP contribution in [0.15, 0.2) is 91.1 Å². The normalized spacial score (nSPS) is 11.6. The number of nitrogens with zero attached hydrogens (tertiary/aromatic N) is 1. The van der Waals surface area contributed by atoms with E-state index in [0.717, 1.165) is 38.9 Å². The Morgan fingerprint density at radius 1 is 0.607 bits per heavy atom. The first-order chi connectivity index (χ1) is 13.9. The number of rotatable bonds is 2. The smallest absolute Gasteiger partial charge is 0.0971 e. The van der Waals surface area contributed by atoms with Crippen molar-refractivity contribution >= 4 is 32.8 Å². The summed E-state index contributed by atoms with van der Waals surface area (Å²) in [6.07, 6.45) is 1.95. The molecule has 0 saturated carbocycles. The molecule has 6 rings (SSSR count). The van der Waals surface area contributed by atoms with Gasteiger partial charge in [-0.05, 0) is 17.2 Å². The van der Waals surface area contributed by atoms with Gasteiger partial charge < -0.3 is 9.97 Å². The second-order valence-corrected chi connectivity index (χ2v) is 7.05. The highest BCUT2D eigenvalue weighted by Crippen LogP contribution is 2.41. The highest BCUT2D eigenvalue weighted by atomic mass is 14.8. The molecule has 0 fully saturated rings. The Morgan fingerprint density at radius 2 is 1.29 bits per heavy atom. The van der Waals surface area contributed by atoms with Gasteiger partial charge in [-0.25, -0.2) is 0 Å².